The van der Waals surface area contributed by atoms with Crippen LogP contribution in [-0.2, 0) is 9.47 Å². The van der Waals surface area contributed by atoms with Gasteiger partial charge in [0.25, 0.3) is 0 Å². The van der Waals surface area contributed by atoms with E-state index in [4.69, 9.17) is 9.47 Å². The Balaban J connectivity index is 1.68. The van der Waals surface area contributed by atoms with Gasteiger partial charge in [0.2, 0.25) is 0 Å². The largest absolute Gasteiger partial charge is 0.465 e. The van der Waals surface area contributed by atoms with Gasteiger partial charge in [-0.3, -0.25) is 0 Å². The molecule has 1 heterocycles. The molecule has 3 rings (SSSR count). The number of urea groups is 1. The van der Waals surface area contributed by atoms with Crippen molar-refractivity contribution < 1.29 is 24.2 Å². The summed E-state index contributed by atoms with van der Waals surface area (Å²) in [6.45, 7) is 10.3. The second kappa shape index (κ2) is 17.1. The van der Waals surface area contributed by atoms with Crippen LogP contribution in [0.25, 0.3) is 0 Å². The van der Waals surface area contributed by atoms with E-state index in [2.05, 4.69) is 37.1 Å². The van der Waals surface area contributed by atoms with Crippen LogP contribution in [0.4, 0.5) is 9.59 Å². The third-order valence-corrected chi connectivity index (χ3v) is 10.3. The molecule has 2 N–H and O–H groups in total. The highest BCUT2D eigenvalue weighted by molar-refractivity contribution is 6.76. The number of hydrogen-bond acceptors (Lipinski definition) is 4. The molecule has 2 fully saturated rings. The van der Waals surface area contributed by atoms with Crippen LogP contribution in [0.5, 0.6) is 0 Å². The predicted octanol–water partition coefficient (Wildman–Crippen LogP) is 6.86. The van der Waals surface area contributed by atoms with Gasteiger partial charge in [-0.2, -0.15) is 0 Å². The van der Waals surface area contributed by atoms with E-state index in [1.54, 1.807) is 12.0 Å². The zero-order valence-electron chi connectivity index (χ0n) is 26.0. The lowest BCUT2D eigenvalue weighted by molar-refractivity contribution is -0.0168. The third-order valence-electron chi connectivity index (χ3n) is 8.60. The van der Waals surface area contributed by atoms with Crippen molar-refractivity contribution in [2.45, 2.75) is 95.6 Å². The second-order valence-electron chi connectivity index (χ2n) is 13.3. The van der Waals surface area contributed by atoms with Crippen LogP contribution < -0.4 is 5.32 Å². The van der Waals surface area contributed by atoms with Gasteiger partial charge in [0.05, 0.1) is 6.10 Å². The van der Waals surface area contributed by atoms with Crippen molar-refractivity contribution in [1.29, 1.82) is 0 Å². The summed E-state index contributed by atoms with van der Waals surface area (Å²) >= 11 is 0. The van der Waals surface area contributed by atoms with E-state index in [1.807, 2.05) is 23.1 Å². The lowest BCUT2D eigenvalue weighted by atomic mass is 9.84. The number of nitrogens with zero attached hydrogens (tertiary/aromatic N) is 2. The number of benzene rings is 1. The number of piperidine rings is 1. The van der Waals surface area contributed by atoms with Crippen molar-refractivity contribution in [2.24, 2.45) is 11.8 Å². The van der Waals surface area contributed by atoms with Gasteiger partial charge in [-0.05, 0) is 43.2 Å². The first-order valence-electron chi connectivity index (χ1n) is 15.8. The number of ether oxygens (including phenoxy) is 2. The molecular weight excluding hydrogens is 534 g/mol. The Hall–Kier alpha value is -2.10. The number of hydrogen-bond donors (Lipinski definition) is 2. The molecule has 1 unspecified atom stereocenters. The van der Waals surface area contributed by atoms with E-state index in [1.165, 1.54) is 32.1 Å². The summed E-state index contributed by atoms with van der Waals surface area (Å²) in [5.74, 6) is 0.738. The molecule has 3 atom stereocenters. The Morgan fingerprint density at radius 3 is 2.46 bits per heavy atom. The summed E-state index contributed by atoms with van der Waals surface area (Å²) in [5.41, 5.74) is 1.15. The molecule has 0 radical (unpaired) electrons. The Bertz CT molecular complexity index is 906. The summed E-state index contributed by atoms with van der Waals surface area (Å²) in [5, 5.41) is 13.3. The molecule has 1 saturated heterocycles. The fourth-order valence-electron chi connectivity index (χ4n) is 6.27. The van der Waals surface area contributed by atoms with Crippen molar-refractivity contribution >= 4 is 20.2 Å². The highest BCUT2D eigenvalue weighted by Gasteiger charge is 2.33. The molecular formula is C32H55N3O5Si. The molecule has 2 aliphatic rings. The first-order valence-corrected chi connectivity index (χ1v) is 19.6. The molecule has 3 amide bonds. The van der Waals surface area contributed by atoms with Crippen LogP contribution in [0, 0.1) is 11.8 Å². The number of likely N-dealkylation sites (tertiary alicyclic amines) is 1. The van der Waals surface area contributed by atoms with Crippen LogP contribution in [0.1, 0.15) is 69.5 Å². The summed E-state index contributed by atoms with van der Waals surface area (Å²) in [7, 11) is 0.305. The monoisotopic (exact) mass is 589 g/mol. The number of carbonyl (C=O) groups excluding carboxylic acids is 1. The lowest BCUT2D eigenvalue weighted by Crippen LogP contribution is -2.53. The van der Waals surface area contributed by atoms with Crippen molar-refractivity contribution in [1.82, 2.24) is 15.1 Å². The van der Waals surface area contributed by atoms with Gasteiger partial charge in [0, 0.05) is 66.5 Å². The molecule has 0 bridgehead atoms. The molecule has 9 heteroatoms. The van der Waals surface area contributed by atoms with E-state index < -0.39 is 14.2 Å². The minimum Gasteiger partial charge on any atom is -0.465 e. The van der Waals surface area contributed by atoms with Crippen molar-refractivity contribution in [3.8, 4) is 0 Å². The maximum atomic E-state index is 13.7. The Labute approximate surface area is 249 Å². The molecule has 1 aliphatic carbocycles. The molecule has 8 nitrogen and oxygen atoms in total. The maximum absolute atomic E-state index is 13.7. The van der Waals surface area contributed by atoms with E-state index in [-0.39, 0.29) is 24.1 Å². The first kappa shape index (κ1) is 33.4. The molecule has 1 aromatic carbocycles. The SMILES string of the molecule is COCCCOC(c1ccccc1)[C@@H]1CCCN(C(=O)N[C@H](CC2CCCCC2)CN(CC[Si](C)(C)C)C(=O)O)C1. The van der Waals surface area contributed by atoms with E-state index in [0.717, 1.165) is 37.3 Å². The molecule has 0 aromatic heterocycles. The first-order chi connectivity index (χ1) is 19.7. The van der Waals surface area contributed by atoms with E-state index >= 15 is 0 Å². The predicted molar refractivity (Wildman–Crippen MR) is 167 cm³/mol. The number of methoxy groups -OCH3 is 1. The van der Waals surface area contributed by atoms with Crippen molar-refractivity contribution in [2.75, 3.05) is 46.5 Å². The van der Waals surface area contributed by atoms with Gasteiger partial charge in [-0.25, -0.2) is 9.59 Å². The molecule has 1 saturated carbocycles. The summed E-state index contributed by atoms with van der Waals surface area (Å²) in [4.78, 5) is 29.4. The number of nitrogens with one attached hydrogen (secondary N) is 1. The number of rotatable bonds is 15. The second-order valence-corrected chi connectivity index (χ2v) is 18.9. The number of amides is 3. The zero-order chi connectivity index (χ0) is 29.7. The van der Waals surface area contributed by atoms with Gasteiger partial charge in [0.1, 0.15) is 0 Å². The van der Waals surface area contributed by atoms with E-state index in [0.29, 0.717) is 45.3 Å². The highest BCUT2D eigenvalue weighted by atomic mass is 28.3. The summed E-state index contributed by atoms with van der Waals surface area (Å²) in [6.07, 6.45) is 8.69. The maximum Gasteiger partial charge on any atom is 0.407 e. The van der Waals surface area contributed by atoms with Crippen LogP contribution in [-0.4, -0.2) is 87.6 Å². The fourth-order valence-corrected chi connectivity index (χ4v) is 7.21. The van der Waals surface area contributed by atoms with Crippen LogP contribution >= 0.6 is 0 Å². The van der Waals surface area contributed by atoms with Crippen LogP contribution in [0.2, 0.25) is 25.7 Å². The fraction of sp³-hybridized carbons (Fsp3) is 0.750. The topological polar surface area (TPSA) is 91.3 Å². The number of carboxylic acid groups (broad SMARTS) is 1. The average Bonchev–Trinajstić information content (AvgIpc) is 2.95. The molecule has 1 aliphatic heterocycles. The van der Waals surface area contributed by atoms with Crippen molar-refractivity contribution in [3.63, 3.8) is 0 Å². The zero-order valence-corrected chi connectivity index (χ0v) is 27.0. The molecule has 41 heavy (non-hydrogen) atoms. The minimum absolute atomic E-state index is 0.0720. The molecule has 0 spiro atoms. The average molecular weight is 590 g/mol. The van der Waals surface area contributed by atoms with Crippen LogP contribution in [0.15, 0.2) is 30.3 Å². The van der Waals surface area contributed by atoms with Gasteiger partial charge in [-0.1, -0.05) is 82.1 Å². The highest BCUT2D eigenvalue weighted by Crippen LogP contribution is 2.33. The summed E-state index contributed by atoms with van der Waals surface area (Å²) in [6, 6.07) is 11.0. The smallest absolute Gasteiger partial charge is 0.407 e. The molecule has 232 valence electrons. The van der Waals surface area contributed by atoms with Gasteiger partial charge in [0.15, 0.2) is 0 Å². The molecule has 1 aromatic rings. The van der Waals surface area contributed by atoms with Gasteiger partial charge in [-0.15, -0.1) is 0 Å². The van der Waals surface area contributed by atoms with Gasteiger partial charge >= 0.3 is 12.1 Å². The Morgan fingerprint density at radius 2 is 1.80 bits per heavy atom. The van der Waals surface area contributed by atoms with Crippen LogP contribution in [0.3, 0.4) is 0 Å². The number of carbonyl (C=O) groups is 2. The van der Waals surface area contributed by atoms with Crippen molar-refractivity contribution in [3.05, 3.63) is 35.9 Å². The van der Waals surface area contributed by atoms with Gasteiger partial charge < -0.3 is 29.7 Å². The third kappa shape index (κ3) is 12.0. The Kier molecular flexibility index (Phi) is 13.9. The lowest BCUT2D eigenvalue weighted by Gasteiger charge is -2.38. The normalized spacial score (nSPS) is 19.9. The Morgan fingerprint density at radius 1 is 1.07 bits per heavy atom. The minimum atomic E-state index is -1.40. The summed E-state index contributed by atoms with van der Waals surface area (Å²) < 4.78 is 11.6. The van der Waals surface area contributed by atoms with E-state index in [9.17, 15) is 14.7 Å². The quantitative estimate of drug-likeness (QED) is 0.172. The standard InChI is InChI=1S/C32H55N3O5Si/c1-39-20-12-21-40-30(27-15-9-6-10-16-27)28-17-11-18-34(24-28)31(36)33-29(23-26-13-7-5-8-14-26)25-35(32(37)38)19-22-41(2,3)4/h6,9-10,15-16,26,28-30H,5,7-8,11-14,17-25H2,1-4H3,(H,33,36)(H,37,38)/t28-,29-,30?/m1/s1.